The maximum absolute atomic E-state index is 6.38. The quantitative estimate of drug-likeness (QED) is 0.888. The number of nitrogens with two attached hydrogens (primary N) is 1. The second kappa shape index (κ2) is 6.69. The van der Waals surface area contributed by atoms with Crippen LogP contribution in [0.1, 0.15) is 58.4 Å². The number of hydrogen-bond donors (Lipinski definition) is 1. The van der Waals surface area contributed by atoms with Crippen molar-refractivity contribution in [1.82, 2.24) is 0 Å². The van der Waals surface area contributed by atoms with E-state index < -0.39 is 0 Å². The van der Waals surface area contributed by atoms with Crippen LogP contribution in [0.15, 0.2) is 18.2 Å². The van der Waals surface area contributed by atoms with Crippen LogP contribution < -0.4 is 15.2 Å². The molecule has 118 valence electrons. The van der Waals surface area contributed by atoms with Crippen LogP contribution in [0.4, 0.5) is 0 Å². The predicted octanol–water partition coefficient (Wildman–Crippen LogP) is 4.11. The van der Waals surface area contributed by atoms with Gasteiger partial charge in [0.05, 0.1) is 13.2 Å². The zero-order valence-corrected chi connectivity index (χ0v) is 13.8. The first-order valence-corrected chi connectivity index (χ1v) is 8.12. The van der Waals surface area contributed by atoms with Gasteiger partial charge in [0.2, 0.25) is 0 Å². The van der Waals surface area contributed by atoms with E-state index in [9.17, 15) is 0 Å². The lowest BCUT2D eigenvalue weighted by Gasteiger charge is -2.39. The van der Waals surface area contributed by atoms with Gasteiger partial charge in [0.15, 0.2) is 11.5 Å². The first-order chi connectivity index (χ1) is 9.96. The van der Waals surface area contributed by atoms with E-state index in [0.717, 1.165) is 24.3 Å². The van der Waals surface area contributed by atoms with Crippen molar-refractivity contribution in [3.05, 3.63) is 23.8 Å². The maximum atomic E-state index is 6.38. The second-order valence-corrected chi connectivity index (χ2v) is 6.75. The molecule has 0 aliphatic heterocycles. The lowest BCUT2D eigenvalue weighted by Crippen LogP contribution is -2.37. The van der Waals surface area contributed by atoms with Gasteiger partial charge in [-0.2, -0.15) is 0 Å². The molecule has 0 saturated heterocycles. The van der Waals surface area contributed by atoms with Crippen molar-refractivity contribution in [2.75, 3.05) is 13.2 Å². The fourth-order valence-electron chi connectivity index (χ4n) is 3.27. The summed E-state index contributed by atoms with van der Waals surface area (Å²) in [5.41, 5.74) is 8.03. The average Bonchev–Trinajstić information content (AvgIpc) is 2.44. The van der Waals surface area contributed by atoms with E-state index in [0.29, 0.717) is 24.5 Å². The predicted molar refractivity (Wildman–Crippen MR) is 87.1 cm³/mol. The van der Waals surface area contributed by atoms with Crippen molar-refractivity contribution in [3.8, 4) is 11.5 Å². The van der Waals surface area contributed by atoms with E-state index >= 15 is 0 Å². The van der Waals surface area contributed by atoms with Crippen LogP contribution in [0, 0.1) is 5.41 Å². The Bertz CT molecular complexity index is 470. The van der Waals surface area contributed by atoms with Crippen molar-refractivity contribution >= 4 is 0 Å². The van der Waals surface area contributed by atoms with Gasteiger partial charge in [-0.3, -0.25) is 0 Å². The van der Waals surface area contributed by atoms with Crippen molar-refractivity contribution in [2.45, 2.75) is 58.9 Å². The summed E-state index contributed by atoms with van der Waals surface area (Å²) < 4.78 is 11.4. The van der Waals surface area contributed by atoms with E-state index in [1.807, 2.05) is 19.9 Å². The van der Waals surface area contributed by atoms with Gasteiger partial charge < -0.3 is 15.2 Å². The molecule has 0 aromatic heterocycles. The molecule has 1 aromatic carbocycles. The summed E-state index contributed by atoms with van der Waals surface area (Å²) in [7, 11) is 0. The molecule has 0 radical (unpaired) electrons. The minimum Gasteiger partial charge on any atom is -0.490 e. The fourth-order valence-corrected chi connectivity index (χ4v) is 3.27. The molecular weight excluding hydrogens is 262 g/mol. The summed E-state index contributed by atoms with van der Waals surface area (Å²) >= 11 is 0. The van der Waals surface area contributed by atoms with Gasteiger partial charge in [0, 0.05) is 6.04 Å². The molecule has 1 aliphatic carbocycles. The third kappa shape index (κ3) is 3.91. The van der Waals surface area contributed by atoms with Gasteiger partial charge in [0.25, 0.3) is 0 Å². The normalized spacial score (nSPS) is 24.6. The zero-order valence-electron chi connectivity index (χ0n) is 13.8. The Hall–Kier alpha value is -1.22. The van der Waals surface area contributed by atoms with Crippen LogP contribution in [-0.4, -0.2) is 19.3 Å². The van der Waals surface area contributed by atoms with Gasteiger partial charge in [0.1, 0.15) is 0 Å². The second-order valence-electron chi connectivity index (χ2n) is 6.75. The SMILES string of the molecule is CCOc1ccc(C2CC(C)(C)CCC2N)cc1OCC. The smallest absolute Gasteiger partial charge is 0.161 e. The maximum Gasteiger partial charge on any atom is 0.161 e. The van der Waals surface area contributed by atoms with Crippen LogP contribution in [0.3, 0.4) is 0 Å². The topological polar surface area (TPSA) is 44.5 Å². The van der Waals surface area contributed by atoms with Gasteiger partial charge in [-0.15, -0.1) is 0 Å². The van der Waals surface area contributed by atoms with Gasteiger partial charge in [-0.25, -0.2) is 0 Å². The molecule has 2 rings (SSSR count). The molecule has 1 fully saturated rings. The highest BCUT2D eigenvalue weighted by Crippen LogP contribution is 2.44. The summed E-state index contributed by atoms with van der Waals surface area (Å²) in [5, 5.41) is 0. The number of benzene rings is 1. The Labute approximate surface area is 128 Å². The highest BCUT2D eigenvalue weighted by Gasteiger charge is 2.34. The van der Waals surface area contributed by atoms with Gasteiger partial charge in [-0.1, -0.05) is 19.9 Å². The summed E-state index contributed by atoms with van der Waals surface area (Å²) in [5.74, 6) is 2.07. The lowest BCUT2D eigenvalue weighted by atomic mass is 9.68. The van der Waals surface area contributed by atoms with Crippen LogP contribution >= 0.6 is 0 Å². The lowest BCUT2D eigenvalue weighted by molar-refractivity contribution is 0.198. The highest BCUT2D eigenvalue weighted by atomic mass is 16.5. The van der Waals surface area contributed by atoms with Crippen LogP contribution in [0.5, 0.6) is 11.5 Å². The molecule has 0 spiro atoms. The van der Waals surface area contributed by atoms with Crippen LogP contribution in [0.25, 0.3) is 0 Å². The highest BCUT2D eigenvalue weighted by molar-refractivity contribution is 5.44. The van der Waals surface area contributed by atoms with Crippen LogP contribution in [-0.2, 0) is 0 Å². The fraction of sp³-hybridized carbons (Fsp3) is 0.667. The van der Waals surface area contributed by atoms with Crippen molar-refractivity contribution in [3.63, 3.8) is 0 Å². The molecule has 2 unspecified atom stereocenters. The van der Waals surface area contributed by atoms with Gasteiger partial charge >= 0.3 is 0 Å². The van der Waals surface area contributed by atoms with Crippen molar-refractivity contribution < 1.29 is 9.47 Å². The Morgan fingerprint density at radius 3 is 2.48 bits per heavy atom. The van der Waals surface area contributed by atoms with E-state index in [1.54, 1.807) is 0 Å². The molecule has 2 atom stereocenters. The molecule has 3 nitrogen and oxygen atoms in total. The first kappa shape index (κ1) is 16.2. The number of ether oxygens (including phenoxy) is 2. The molecule has 2 N–H and O–H groups in total. The third-order valence-electron chi connectivity index (χ3n) is 4.44. The molecule has 0 amide bonds. The minimum atomic E-state index is 0.241. The third-order valence-corrected chi connectivity index (χ3v) is 4.44. The van der Waals surface area contributed by atoms with E-state index in [4.69, 9.17) is 15.2 Å². The van der Waals surface area contributed by atoms with Crippen molar-refractivity contribution in [2.24, 2.45) is 11.1 Å². The van der Waals surface area contributed by atoms with E-state index in [2.05, 4.69) is 26.0 Å². The summed E-state index contributed by atoms with van der Waals surface area (Å²) in [6.45, 7) is 9.95. The Balaban J connectivity index is 2.28. The molecular formula is C18H29NO2. The standard InChI is InChI=1S/C18H29NO2/c1-5-20-16-8-7-13(11-17(16)21-6-2)14-12-18(3,4)10-9-15(14)19/h7-8,11,14-15H,5-6,9-10,12,19H2,1-4H3. The first-order valence-electron chi connectivity index (χ1n) is 8.12. The molecule has 21 heavy (non-hydrogen) atoms. The Morgan fingerprint density at radius 2 is 1.81 bits per heavy atom. The molecule has 1 saturated carbocycles. The Kier molecular flexibility index (Phi) is 5.15. The number of rotatable bonds is 5. The zero-order chi connectivity index (χ0) is 15.5. The minimum absolute atomic E-state index is 0.241. The monoisotopic (exact) mass is 291 g/mol. The van der Waals surface area contributed by atoms with E-state index in [1.165, 1.54) is 12.0 Å². The van der Waals surface area contributed by atoms with Crippen molar-refractivity contribution in [1.29, 1.82) is 0 Å². The Morgan fingerprint density at radius 1 is 1.14 bits per heavy atom. The molecule has 3 heteroatoms. The molecule has 1 aromatic rings. The summed E-state index contributed by atoms with van der Waals surface area (Å²) in [6, 6.07) is 6.54. The summed E-state index contributed by atoms with van der Waals surface area (Å²) in [4.78, 5) is 0. The molecule has 0 bridgehead atoms. The molecule has 0 heterocycles. The van der Waals surface area contributed by atoms with E-state index in [-0.39, 0.29) is 6.04 Å². The van der Waals surface area contributed by atoms with Crippen LogP contribution in [0.2, 0.25) is 0 Å². The number of hydrogen-bond acceptors (Lipinski definition) is 3. The average molecular weight is 291 g/mol. The largest absolute Gasteiger partial charge is 0.490 e. The van der Waals surface area contributed by atoms with Gasteiger partial charge in [-0.05, 0) is 62.1 Å². The molecule has 1 aliphatic rings. The summed E-state index contributed by atoms with van der Waals surface area (Å²) in [6.07, 6.45) is 3.43.